The molecular formula is C16H24N2O5. The molecule has 0 unspecified atom stereocenters. The minimum absolute atomic E-state index is 0.0466. The van der Waals surface area contributed by atoms with E-state index in [0.717, 1.165) is 37.0 Å². The van der Waals surface area contributed by atoms with Gasteiger partial charge in [-0.05, 0) is 19.3 Å². The minimum Gasteiger partial charge on any atom is -0.378 e. The second-order valence-electron chi connectivity index (χ2n) is 6.12. The highest BCUT2D eigenvalue weighted by Gasteiger charge is 2.35. The molecule has 3 atom stereocenters. The summed E-state index contributed by atoms with van der Waals surface area (Å²) in [7, 11) is 3.30. The molecule has 2 aliphatic rings. The van der Waals surface area contributed by atoms with Crippen LogP contribution in [0, 0.1) is 5.92 Å². The van der Waals surface area contributed by atoms with Crippen LogP contribution in [0.3, 0.4) is 0 Å². The molecule has 0 saturated carbocycles. The normalized spacial score (nSPS) is 27.5. The Bertz CT molecular complexity index is 545. The molecule has 1 aliphatic heterocycles. The molecule has 0 spiro atoms. The van der Waals surface area contributed by atoms with E-state index in [1.165, 1.54) is 0 Å². The van der Waals surface area contributed by atoms with Crippen LogP contribution in [0.1, 0.15) is 34.7 Å². The zero-order valence-electron chi connectivity index (χ0n) is 13.7. The summed E-state index contributed by atoms with van der Waals surface area (Å²) in [5.74, 6) is 0.716. The molecule has 128 valence electrons. The van der Waals surface area contributed by atoms with E-state index in [-0.39, 0.29) is 24.0 Å². The van der Waals surface area contributed by atoms with Crippen molar-refractivity contribution >= 4 is 5.91 Å². The van der Waals surface area contributed by atoms with E-state index in [4.69, 9.17) is 18.7 Å². The number of fused-ring (bicyclic) bond motifs is 1. The van der Waals surface area contributed by atoms with E-state index in [0.29, 0.717) is 25.5 Å². The highest BCUT2D eigenvalue weighted by molar-refractivity contribution is 5.93. The van der Waals surface area contributed by atoms with Crippen molar-refractivity contribution in [2.45, 2.75) is 37.9 Å². The lowest BCUT2D eigenvalue weighted by Crippen LogP contribution is -2.50. The van der Waals surface area contributed by atoms with Crippen LogP contribution in [-0.2, 0) is 27.1 Å². The average Bonchev–Trinajstić information content (AvgIpc) is 3.03. The number of aryl methyl sites for hydroxylation is 1. The molecule has 7 nitrogen and oxygen atoms in total. The van der Waals surface area contributed by atoms with Crippen molar-refractivity contribution < 1.29 is 23.5 Å². The number of aromatic nitrogens is 1. The van der Waals surface area contributed by atoms with Crippen molar-refractivity contribution in [3.8, 4) is 0 Å². The lowest BCUT2D eigenvalue weighted by Gasteiger charge is -2.36. The van der Waals surface area contributed by atoms with Gasteiger partial charge in [-0.15, -0.1) is 0 Å². The van der Waals surface area contributed by atoms with Crippen LogP contribution in [0.5, 0.6) is 0 Å². The molecule has 1 fully saturated rings. The monoisotopic (exact) mass is 324 g/mol. The summed E-state index contributed by atoms with van der Waals surface area (Å²) in [5.41, 5.74) is 1.39. The van der Waals surface area contributed by atoms with Crippen LogP contribution >= 0.6 is 0 Å². The second-order valence-corrected chi connectivity index (χ2v) is 6.12. The lowest BCUT2D eigenvalue weighted by molar-refractivity contribution is -0.145. The number of methoxy groups -OCH3 is 2. The van der Waals surface area contributed by atoms with Gasteiger partial charge in [-0.3, -0.25) is 4.79 Å². The highest BCUT2D eigenvalue weighted by atomic mass is 16.6. The maximum absolute atomic E-state index is 12.4. The zero-order valence-corrected chi connectivity index (χ0v) is 13.7. The summed E-state index contributed by atoms with van der Waals surface area (Å²) in [6.07, 6.45) is 3.69. The fourth-order valence-corrected chi connectivity index (χ4v) is 3.42. The fourth-order valence-electron chi connectivity index (χ4n) is 3.42. The Morgan fingerprint density at radius 2 is 2.09 bits per heavy atom. The van der Waals surface area contributed by atoms with Crippen molar-refractivity contribution in [1.82, 2.24) is 10.5 Å². The molecule has 1 aromatic heterocycles. The Kier molecular flexibility index (Phi) is 5.30. The third kappa shape index (κ3) is 3.41. The average molecular weight is 324 g/mol. The number of hydrogen-bond acceptors (Lipinski definition) is 6. The third-order valence-corrected chi connectivity index (χ3v) is 4.71. The molecule has 0 radical (unpaired) electrons. The molecule has 23 heavy (non-hydrogen) atoms. The van der Waals surface area contributed by atoms with Crippen molar-refractivity contribution in [2.24, 2.45) is 5.92 Å². The first-order valence-corrected chi connectivity index (χ1v) is 8.13. The first-order valence-electron chi connectivity index (χ1n) is 8.13. The SMILES string of the molecule is CO[C@H]1[C@H](CNC(=O)c2noc3c2CCCC3)COC[C@H]1OC. The molecule has 2 heterocycles. The molecule has 0 bridgehead atoms. The van der Waals surface area contributed by atoms with Crippen molar-refractivity contribution in [1.29, 1.82) is 0 Å². The van der Waals surface area contributed by atoms with Gasteiger partial charge in [0.05, 0.1) is 19.3 Å². The molecule has 1 N–H and O–H groups in total. The molecular weight excluding hydrogens is 300 g/mol. The predicted octanol–water partition coefficient (Wildman–Crippen LogP) is 0.960. The number of amides is 1. The Morgan fingerprint density at radius 3 is 2.87 bits per heavy atom. The number of hydrogen-bond donors (Lipinski definition) is 1. The molecule has 3 rings (SSSR count). The first kappa shape index (κ1) is 16.4. The van der Waals surface area contributed by atoms with E-state index in [9.17, 15) is 4.79 Å². The molecule has 0 aromatic carbocycles. The highest BCUT2D eigenvalue weighted by Crippen LogP contribution is 2.24. The number of ether oxygens (including phenoxy) is 3. The Balaban J connectivity index is 1.61. The standard InChI is InChI=1S/C16H24N2O5/c1-20-13-9-22-8-10(15(13)21-2)7-17-16(19)14-11-5-3-4-6-12(11)23-18-14/h10,13,15H,3-9H2,1-2H3,(H,17,19)/t10-,13-,15+/m1/s1. The summed E-state index contributed by atoms with van der Waals surface area (Å²) in [4.78, 5) is 12.4. The summed E-state index contributed by atoms with van der Waals surface area (Å²) in [6, 6.07) is 0. The number of carbonyl (C=O) groups is 1. The predicted molar refractivity (Wildman–Crippen MR) is 81.4 cm³/mol. The van der Waals surface area contributed by atoms with Gasteiger partial charge in [0.2, 0.25) is 0 Å². The van der Waals surface area contributed by atoms with Crippen LogP contribution in [0.2, 0.25) is 0 Å². The Morgan fingerprint density at radius 1 is 1.26 bits per heavy atom. The van der Waals surface area contributed by atoms with Crippen molar-refractivity contribution in [2.75, 3.05) is 34.0 Å². The van der Waals surface area contributed by atoms with Gasteiger partial charge in [0, 0.05) is 38.7 Å². The zero-order chi connectivity index (χ0) is 16.2. The van der Waals surface area contributed by atoms with Crippen LogP contribution in [0.25, 0.3) is 0 Å². The van der Waals surface area contributed by atoms with E-state index >= 15 is 0 Å². The molecule has 1 amide bonds. The van der Waals surface area contributed by atoms with E-state index < -0.39 is 0 Å². The maximum atomic E-state index is 12.4. The Hall–Kier alpha value is -1.44. The van der Waals surface area contributed by atoms with Crippen molar-refractivity contribution in [3.63, 3.8) is 0 Å². The van der Waals surface area contributed by atoms with Gasteiger partial charge in [0.25, 0.3) is 5.91 Å². The number of carbonyl (C=O) groups excluding carboxylic acids is 1. The van der Waals surface area contributed by atoms with Crippen LogP contribution in [0.15, 0.2) is 4.52 Å². The topological polar surface area (TPSA) is 82.8 Å². The number of nitrogens with one attached hydrogen (secondary N) is 1. The fraction of sp³-hybridized carbons (Fsp3) is 0.750. The van der Waals surface area contributed by atoms with E-state index in [2.05, 4.69) is 10.5 Å². The van der Waals surface area contributed by atoms with Gasteiger partial charge in [0.15, 0.2) is 5.69 Å². The van der Waals surface area contributed by atoms with Crippen LogP contribution in [0.4, 0.5) is 0 Å². The van der Waals surface area contributed by atoms with Gasteiger partial charge >= 0.3 is 0 Å². The second kappa shape index (κ2) is 7.42. The largest absolute Gasteiger partial charge is 0.378 e. The smallest absolute Gasteiger partial charge is 0.273 e. The van der Waals surface area contributed by atoms with Gasteiger partial charge in [-0.1, -0.05) is 5.16 Å². The Labute approximate surface area is 135 Å². The van der Waals surface area contributed by atoms with Crippen LogP contribution in [-0.4, -0.2) is 57.2 Å². The van der Waals surface area contributed by atoms with E-state index in [1.807, 2.05) is 0 Å². The quantitative estimate of drug-likeness (QED) is 0.869. The van der Waals surface area contributed by atoms with Crippen LogP contribution < -0.4 is 5.32 Å². The molecule has 1 aromatic rings. The summed E-state index contributed by atoms with van der Waals surface area (Å²) in [5, 5.41) is 6.89. The maximum Gasteiger partial charge on any atom is 0.273 e. The first-order chi connectivity index (χ1) is 11.2. The summed E-state index contributed by atoms with van der Waals surface area (Å²) >= 11 is 0. The van der Waals surface area contributed by atoms with Gasteiger partial charge in [-0.25, -0.2) is 0 Å². The molecule has 1 saturated heterocycles. The summed E-state index contributed by atoms with van der Waals surface area (Å²) in [6.45, 7) is 1.50. The molecule has 7 heteroatoms. The van der Waals surface area contributed by atoms with Gasteiger partial charge in [0.1, 0.15) is 11.9 Å². The van der Waals surface area contributed by atoms with Gasteiger partial charge < -0.3 is 24.1 Å². The number of rotatable bonds is 5. The lowest BCUT2D eigenvalue weighted by atomic mass is 9.95. The molecule has 1 aliphatic carbocycles. The summed E-state index contributed by atoms with van der Waals surface area (Å²) < 4.78 is 21.8. The van der Waals surface area contributed by atoms with E-state index in [1.54, 1.807) is 14.2 Å². The number of nitrogens with zero attached hydrogens (tertiary/aromatic N) is 1. The van der Waals surface area contributed by atoms with Gasteiger partial charge in [-0.2, -0.15) is 0 Å². The minimum atomic E-state index is -0.189. The third-order valence-electron chi connectivity index (χ3n) is 4.71. The van der Waals surface area contributed by atoms with Crippen molar-refractivity contribution in [3.05, 3.63) is 17.0 Å².